The van der Waals surface area contributed by atoms with Gasteiger partial charge in [0, 0.05) is 14.5 Å². The maximum atomic E-state index is 12.5. The van der Waals surface area contributed by atoms with Crippen LogP contribution in [0, 0.1) is 5.92 Å². The number of carbonyl (C=O) groups excluding carboxylic acids is 1. The molecule has 1 aromatic carbocycles. The van der Waals surface area contributed by atoms with Crippen LogP contribution in [-0.4, -0.2) is 16.4 Å². The van der Waals surface area contributed by atoms with Crippen molar-refractivity contribution in [3.63, 3.8) is 0 Å². The summed E-state index contributed by atoms with van der Waals surface area (Å²) >= 11 is 12.0. The molecule has 1 saturated carbocycles. The quantitative estimate of drug-likeness (QED) is 0.703. The Morgan fingerprint density at radius 1 is 1.29 bits per heavy atom. The normalized spacial score (nSPS) is 25.4. The zero-order valence-electron chi connectivity index (χ0n) is 11.8. The lowest BCUT2D eigenvalue weighted by Gasteiger charge is -2.39. The van der Waals surface area contributed by atoms with Crippen LogP contribution in [0.15, 0.2) is 27.1 Å². The summed E-state index contributed by atoms with van der Waals surface area (Å²) in [6.07, 6.45) is 3.68. The molecular formula is C15H18Br2N2OS. The highest BCUT2D eigenvalue weighted by Crippen LogP contribution is 2.32. The number of thiocarbonyl (C=S) groups is 1. The molecule has 1 fully saturated rings. The molecule has 114 valence electrons. The van der Waals surface area contributed by atoms with E-state index in [1.165, 1.54) is 0 Å². The first kappa shape index (κ1) is 16.9. The summed E-state index contributed by atoms with van der Waals surface area (Å²) in [6, 6.07) is 5.47. The van der Waals surface area contributed by atoms with Crippen LogP contribution >= 0.6 is 44.1 Å². The van der Waals surface area contributed by atoms with Crippen LogP contribution < -0.4 is 11.1 Å². The summed E-state index contributed by atoms with van der Waals surface area (Å²) in [4.78, 5) is 12.9. The summed E-state index contributed by atoms with van der Waals surface area (Å²) in [7, 11) is 0. The van der Waals surface area contributed by atoms with Gasteiger partial charge in [0.15, 0.2) is 0 Å². The number of carbonyl (C=O) groups is 1. The number of amides is 1. The van der Waals surface area contributed by atoms with Gasteiger partial charge >= 0.3 is 0 Å². The molecule has 0 aliphatic heterocycles. The SMILES string of the molecule is CC1CCC(NC(=O)c2cc(Br)cc(Br)c2)(C(N)=S)CC1. The molecule has 0 radical (unpaired) electrons. The van der Waals surface area contributed by atoms with E-state index >= 15 is 0 Å². The number of nitrogens with one attached hydrogen (secondary N) is 1. The Hall–Kier alpha value is -0.460. The van der Waals surface area contributed by atoms with E-state index in [9.17, 15) is 4.79 Å². The van der Waals surface area contributed by atoms with Gasteiger partial charge in [0.1, 0.15) is 0 Å². The number of hydrogen-bond acceptors (Lipinski definition) is 2. The van der Waals surface area contributed by atoms with E-state index in [0.29, 0.717) is 16.5 Å². The zero-order valence-corrected chi connectivity index (χ0v) is 15.8. The Labute approximate surface area is 147 Å². The van der Waals surface area contributed by atoms with Gasteiger partial charge in [-0.3, -0.25) is 4.79 Å². The number of hydrogen-bond donors (Lipinski definition) is 2. The van der Waals surface area contributed by atoms with Crippen LogP contribution in [0.25, 0.3) is 0 Å². The van der Waals surface area contributed by atoms with Crippen LogP contribution in [0.2, 0.25) is 0 Å². The van der Waals surface area contributed by atoms with Crippen LogP contribution in [0.1, 0.15) is 43.0 Å². The lowest BCUT2D eigenvalue weighted by Crippen LogP contribution is -2.58. The standard InChI is InChI=1S/C15H18Br2N2OS/c1-9-2-4-15(5-3-9,14(18)21)19-13(20)10-6-11(16)8-12(17)7-10/h6-9H,2-5H2,1H3,(H2,18,21)(H,19,20). The van der Waals surface area contributed by atoms with Crippen molar-refractivity contribution >= 4 is 55.0 Å². The molecule has 6 heteroatoms. The monoisotopic (exact) mass is 432 g/mol. The molecule has 0 aromatic heterocycles. The summed E-state index contributed by atoms with van der Waals surface area (Å²) in [6.45, 7) is 2.22. The topological polar surface area (TPSA) is 55.1 Å². The van der Waals surface area contributed by atoms with Gasteiger partial charge in [-0.2, -0.15) is 0 Å². The number of rotatable bonds is 3. The van der Waals surface area contributed by atoms with E-state index in [-0.39, 0.29) is 5.91 Å². The van der Waals surface area contributed by atoms with Crippen molar-refractivity contribution in [1.29, 1.82) is 0 Å². The van der Waals surface area contributed by atoms with E-state index in [1.54, 1.807) is 12.1 Å². The maximum Gasteiger partial charge on any atom is 0.252 e. The summed E-state index contributed by atoms with van der Waals surface area (Å²) in [5, 5.41) is 3.08. The van der Waals surface area contributed by atoms with Crippen LogP contribution in [0.4, 0.5) is 0 Å². The molecule has 0 spiro atoms. The summed E-state index contributed by atoms with van der Waals surface area (Å²) in [5.74, 6) is 0.517. The lowest BCUT2D eigenvalue weighted by molar-refractivity contribution is 0.0900. The van der Waals surface area contributed by atoms with E-state index in [0.717, 1.165) is 34.6 Å². The Bertz CT molecular complexity index is 549. The second kappa shape index (κ2) is 6.75. The van der Waals surface area contributed by atoms with Crippen molar-refractivity contribution in [2.24, 2.45) is 11.7 Å². The Morgan fingerprint density at radius 3 is 2.29 bits per heavy atom. The average Bonchev–Trinajstić information content (AvgIpc) is 2.40. The van der Waals surface area contributed by atoms with Gasteiger partial charge in [-0.1, -0.05) is 51.0 Å². The molecule has 1 aliphatic carbocycles. The minimum atomic E-state index is -0.548. The van der Waals surface area contributed by atoms with Gasteiger partial charge in [0.05, 0.1) is 10.5 Å². The molecule has 0 heterocycles. The van der Waals surface area contributed by atoms with Crippen LogP contribution in [0.3, 0.4) is 0 Å². The number of halogens is 2. The minimum Gasteiger partial charge on any atom is -0.391 e. The van der Waals surface area contributed by atoms with Gasteiger partial charge < -0.3 is 11.1 Å². The third-order valence-electron chi connectivity index (χ3n) is 4.08. The van der Waals surface area contributed by atoms with Crippen molar-refractivity contribution < 1.29 is 4.79 Å². The first-order valence-electron chi connectivity index (χ1n) is 6.91. The first-order chi connectivity index (χ1) is 9.82. The molecular weight excluding hydrogens is 416 g/mol. The molecule has 2 rings (SSSR count). The molecule has 1 aliphatic rings. The third kappa shape index (κ3) is 4.05. The van der Waals surface area contributed by atoms with Gasteiger partial charge in [-0.25, -0.2) is 0 Å². The fourth-order valence-corrected chi connectivity index (χ4v) is 4.21. The Balaban J connectivity index is 2.21. The predicted octanol–water partition coefficient (Wildman–Crippen LogP) is 4.18. The summed E-state index contributed by atoms with van der Waals surface area (Å²) < 4.78 is 1.70. The minimum absolute atomic E-state index is 0.139. The van der Waals surface area contributed by atoms with Crippen molar-refractivity contribution in [3.05, 3.63) is 32.7 Å². The van der Waals surface area contributed by atoms with E-state index in [4.69, 9.17) is 18.0 Å². The number of benzene rings is 1. The molecule has 0 atom stereocenters. The molecule has 1 aromatic rings. The molecule has 21 heavy (non-hydrogen) atoms. The Kier molecular flexibility index (Phi) is 5.43. The Morgan fingerprint density at radius 2 is 1.81 bits per heavy atom. The van der Waals surface area contributed by atoms with E-state index < -0.39 is 5.54 Å². The highest BCUT2D eigenvalue weighted by atomic mass is 79.9. The van der Waals surface area contributed by atoms with Crippen molar-refractivity contribution in [2.75, 3.05) is 0 Å². The maximum absolute atomic E-state index is 12.5. The highest BCUT2D eigenvalue weighted by molar-refractivity contribution is 9.11. The first-order valence-corrected chi connectivity index (χ1v) is 8.90. The van der Waals surface area contributed by atoms with Gasteiger partial charge in [0.2, 0.25) is 0 Å². The zero-order chi connectivity index (χ0) is 15.6. The smallest absolute Gasteiger partial charge is 0.252 e. The summed E-state index contributed by atoms with van der Waals surface area (Å²) in [5.41, 5.74) is 5.97. The molecule has 3 N–H and O–H groups in total. The van der Waals surface area contributed by atoms with Gasteiger partial charge in [-0.05, 0) is 49.8 Å². The molecule has 0 saturated heterocycles. The lowest BCUT2D eigenvalue weighted by atomic mass is 9.77. The molecule has 1 amide bonds. The number of nitrogens with two attached hydrogens (primary N) is 1. The molecule has 3 nitrogen and oxygen atoms in total. The van der Waals surface area contributed by atoms with Crippen molar-refractivity contribution in [2.45, 2.75) is 38.1 Å². The van der Waals surface area contributed by atoms with Crippen molar-refractivity contribution in [1.82, 2.24) is 5.32 Å². The van der Waals surface area contributed by atoms with Crippen LogP contribution in [0.5, 0.6) is 0 Å². The third-order valence-corrected chi connectivity index (χ3v) is 5.38. The molecule has 0 bridgehead atoms. The van der Waals surface area contributed by atoms with Gasteiger partial charge in [0.25, 0.3) is 5.91 Å². The second-order valence-corrected chi connectivity index (χ2v) is 8.01. The largest absolute Gasteiger partial charge is 0.391 e. The predicted molar refractivity (Wildman–Crippen MR) is 96.5 cm³/mol. The van der Waals surface area contributed by atoms with Crippen molar-refractivity contribution in [3.8, 4) is 0 Å². The average molecular weight is 434 g/mol. The highest BCUT2D eigenvalue weighted by Gasteiger charge is 2.38. The fraction of sp³-hybridized carbons (Fsp3) is 0.467. The second-order valence-electron chi connectivity index (χ2n) is 5.74. The van der Waals surface area contributed by atoms with Gasteiger partial charge in [-0.15, -0.1) is 0 Å². The van der Waals surface area contributed by atoms with Crippen LogP contribution in [-0.2, 0) is 0 Å². The van der Waals surface area contributed by atoms with E-state index in [1.807, 2.05) is 6.07 Å². The molecule has 0 unspecified atom stereocenters. The fourth-order valence-electron chi connectivity index (χ4n) is 2.66. The van der Waals surface area contributed by atoms with E-state index in [2.05, 4.69) is 44.1 Å².